The number of carbonyl (C=O) groups excluding carboxylic acids is 1. The first-order valence-electron chi connectivity index (χ1n) is 7.48. The van der Waals surface area contributed by atoms with Gasteiger partial charge < -0.3 is 9.84 Å². The van der Waals surface area contributed by atoms with Gasteiger partial charge in [-0.15, -0.1) is 0 Å². The van der Waals surface area contributed by atoms with E-state index >= 15 is 0 Å². The predicted octanol–water partition coefficient (Wildman–Crippen LogP) is 2.09. The zero-order valence-electron chi connectivity index (χ0n) is 12.7. The van der Waals surface area contributed by atoms with Crippen molar-refractivity contribution in [2.45, 2.75) is 54.3 Å². The normalized spacial score (nSPS) is 19.4. The second-order valence-electron chi connectivity index (χ2n) is 5.79. The van der Waals surface area contributed by atoms with Crippen LogP contribution < -0.4 is 0 Å². The van der Waals surface area contributed by atoms with Crippen LogP contribution >= 0.6 is 0 Å². The third kappa shape index (κ3) is 3.50. The quantitative estimate of drug-likeness (QED) is 0.838. The summed E-state index contributed by atoms with van der Waals surface area (Å²) in [5.74, 6) is -0.622. The molecule has 22 heavy (non-hydrogen) atoms. The number of esters is 1. The Morgan fingerprint density at radius 2 is 1.82 bits per heavy atom. The molecule has 1 aromatic rings. The molecule has 1 unspecified atom stereocenters. The lowest BCUT2D eigenvalue weighted by atomic mass is 9.81. The largest absolute Gasteiger partial charge is 0.469 e. The van der Waals surface area contributed by atoms with Crippen molar-refractivity contribution >= 4 is 15.8 Å². The molecule has 0 heterocycles. The average Bonchev–Trinajstić information content (AvgIpc) is 2.53. The minimum Gasteiger partial charge on any atom is -0.469 e. The molecule has 1 aliphatic carbocycles. The summed E-state index contributed by atoms with van der Waals surface area (Å²) in [5.41, 5.74) is -1.37. The third-order valence-corrected chi connectivity index (χ3v) is 6.63. The highest BCUT2D eigenvalue weighted by Gasteiger charge is 2.47. The van der Waals surface area contributed by atoms with Gasteiger partial charge in [-0.2, -0.15) is 0 Å². The molecule has 0 amide bonds. The number of carbonyl (C=O) groups is 1. The zero-order valence-corrected chi connectivity index (χ0v) is 13.5. The maximum absolute atomic E-state index is 12.9. The van der Waals surface area contributed by atoms with Gasteiger partial charge in [0.25, 0.3) is 0 Å². The van der Waals surface area contributed by atoms with Gasteiger partial charge in [0.15, 0.2) is 9.84 Å². The molecule has 0 saturated heterocycles. The lowest BCUT2D eigenvalue weighted by molar-refractivity contribution is -0.142. The summed E-state index contributed by atoms with van der Waals surface area (Å²) in [6, 6.07) is 7.97. The van der Waals surface area contributed by atoms with Crippen LogP contribution in [0.15, 0.2) is 35.2 Å². The number of rotatable bonds is 5. The molecule has 1 atom stereocenters. The smallest absolute Gasteiger partial charge is 0.306 e. The Morgan fingerprint density at radius 3 is 2.36 bits per heavy atom. The Kier molecular flexibility index (Phi) is 5.24. The summed E-state index contributed by atoms with van der Waals surface area (Å²) in [5, 5.41) is 9.71. The number of benzene rings is 1. The summed E-state index contributed by atoms with van der Waals surface area (Å²) in [4.78, 5) is 11.8. The molecule has 1 aromatic carbocycles. The highest BCUT2D eigenvalue weighted by molar-refractivity contribution is 7.92. The molecule has 1 N–H and O–H groups in total. The lowest BCUT2D eigenvalue weighted by Gasteiger charge is -2.38. The van der Waals surface area contributed by atoms with Crippen molar-refractivity contribution in [1.29, 1.82) is 0 Å². The molecule has 122 valence electrons. The number of hydrogen-bond acceptors (Lipinski definition) is 5. The molecular weight excluding hydrogens is 304 g/mol. The summed E-state index contributed by atoms with van der Waals surface area (Å²) >= 11 is 0. The molecule has 0 radical (unpaired) electrons. The van der Waals surface area contributed by atoms with Crippen LogP contribution in [0.4, 0.5) is 0 Å². The third-order valence-electron chi connectivity index (χ3n) is 4.34. The molecule has 1 aliphatic rings. The van der Waals surface area contributed by atoms with Gasteiger partial charge in [0.05, 0.1) is 24.0 Å². The first-order chi connectivity index (χ1) is 10.4. The molecule has 2 rings (SSSR count). The number of hydrogen-bond donors (Lipinski definition) is 1. The summed E-state index contributed by atoms with van der Waals surface area (Å²) in [6.45, 7) is 0. The summed E-state index contributed by atoms with van der Waals surface area (Å²) in [6.07, 6.45) is 2.95. The molecule has 0 aromatic heterocycles. The number of aliphatic hydroxyl groups is 1. The topological polar surface area (TPSA) is 80.7 Å². The molecule has 0 bridgehead atoms. The van der Waals surface area contributed by atoms with E-state index in [9.17, 15) is 18.3 Å². The van der Waals surface area contributed by atoms with Crippen LogP contribution in [-0.2, 0) is 19.4 Å². The fourth-order valence-electron chi connectivity index (χ4n) is 3.08. The van der Waals surface area contributed by atoms with E-state index in [1.54, 1.807) is 18.2 Å². The molecular formula is C16H22O5S. The standard InChI is InChI=1S/C16H22O5S/c1-21-15(17)12-14(16(18)10-6-3-7-11-16)22(19,20)13-8-4-2-5-9-13/h2,4-5,8-9,14,18H,3,6-7,10-12H2,1H3. The zero-order chi connectivity index (χ0) is 16.2. The van der Waals surface area contributed by atoms with Crippen LogP contribution in [-0.4, -0.2) is 37.5 Å². The van der Waals surface area contributed by atoms with Gasteiger partial charge in [0, 0.05) is 0 Å². The highest BCUT2D eigenvalue weighted by atomic mass is 32.2. The Bertz CT molecular complexity index is 603. The molecule has 1 fully saturated rings. The van der Waals surface area contributed by atoms with Crippen LogP contribution in [0.3, 0.4) is 0 Å². The minimum atomic E-state index is -3.82. The maximum atomic E-state index is 12.9. The summed E-state index contributed by atoms with van der Waals surface area (Å²) < 4.78 is 30.5. The van der Waals surface area contributed by atoms with Crippen molar-refractivity contribution < 1.29 is 23.1 Å². The van der Waals surface area contributed by atoms with E-state index in [1.807, 2.05) is 0 Å². The fourth-order valence-corrected chi connectivity index (χ4v) is 5.12. The van der Waals surface area contributed by atoms with Crippen LogP contribution in [0.5, 0.6) is 0 Å². The van der Waals surface area contributed by atoms with E-state index < -0.39 is 26.7 Å². The van der Waals surface area contributed by atoms with Gasteiger partial charge in [-0.1, -0.05) is 37.5 Å². The van der Waals surface area contributed by atoms with Gasteiger partial charge in [-0.25, -0.2) is 8.42 Å². The number of ether oxygens (including phenoxy) is 1. The molecule has 0 aliphatic heterocycles. The van der Waals surface area contributed by atoms with Crippen molar-refractivity contribution in [3.05, 3.63) is 30.3 Å². The van der Waals surface area contributed by atoms with E-state index in [2.05, 4.69) is 4.74 Å². The fraction of sp³-hybridized carbons (Fsp3) is 0.562. The molecule has 0 spiro atoms. The van der Waals surface area contributed by atoms with E-state index in [1.165, 1.54) is 19.2 Å². The predicted molar refractivity (Wildman–Crippen MR) is 82.1 cm³/mol. The van der Waals surface area contributed by atoms with Crippen LogP contribution in [0.1, 0.15) is 38.5 Å². The van der Waals surface area contributed by atoms with Gasteiger partial charge in [-0.3, -0.25) is 4.79 Å². The van der Waals surface area contributed by atoms with E-state index in [4.69, 9.17) is 0 Å². The second kappa shape index (κ2) is 6.79. The van der Waals surface area contributed by atoms with E-state index in [0.29, 0.717) is 12.8 Å². The molecule has 1 saturated carbocycles. The molecule has 6 heteroatoms. The first kappa shape index (κ1) is 17.0. The van der Waals surface area contributed by atoms with Crippen LogP contribution in [0.25, 0.3) is 0 Å². The Hall–Kier alpha value is -1.40. The monoisotopic (exact) mass is 326 g/mol. The number of sulfone groups is 1. The maximum Gasteiger partial charge on any atom is 0.306 e. The highest BCUT2D eigenvalue weighted by Crippen LogP contribution is 2.38. The van der Waals surface area contributed by atoms with Gasteiger partial charge in [0.2, 0.25) is 0 Å². The van der Waals surface area contributed by atoms with Gasteiger partial charge in [-0.05, 0) is 25.0 Å². The van der Waals surface area contributed by atoms with Crippen molar-refractivity contribution in [3.8, 4) is 0 Å². The van der Waals surface area contributed by atoms with Crippen LogP contribution in [0.2, 0.25) is 0 Å². The SMILES string of the molecule is COC(=O)CC(C1(O)CCCCC1)S(=O)(=O)c1ccccc1. The second-order valence-corrected chi connectivity index (χ2v) is 7.92. The van der Waals surface area contributed by atoms with Gasteiger partial charge >= 0.3 is 5.97 Å². The van der Waals surface area contributed by atoms with Crippen molar-refractivity contribution in [3.63, 3.8) is 0 Å². The first-order valence-corrected chi connectivity index (χ1v) is 9.03. The van der Waals surface area contributed by atoms with E-state index in [0.717, 1.165) is 19.3 Å². The van der Waals surface area contributed by atoms with Crippen molar-refractivity contribution in [2.24, 2.45) is 0 Å². The van der Waals surface area contributed by atoms with Crippen molar-refractivity contribution in [1.82, 2.24) is 0 Å². The lowest BCUT2D eigenvalue weighted by Crippen LogP contribution is -2.49. The van der Waals surface area contributed by atoms with Crippen LogP contribution in [0, 0.1) is 0 Å². The average molecular weight is 326 g/mol. The van der Waals surface area contributed by atoms with Gasteiger partial charge in [0.1, 0.15) is 5.25 Å². The Balaban J connectivity index is 2.41. The van der Waals surface area contributed by atoms with E-state index in [-0.39, 0.29) is 11.3 Å². The Morgan fingerprint density at radius 1 is 1.23 bits per heavy atom. The Labute approximate surface area is 131 Å². The number of methoxy groups -OCH3 is 1. The van der Waals surface area contributed by atoms with Crippen molar-refractivity contribution in [2.75, 3.05) is 7.11 Å². The minimum absolute atomic E-state index is 0.128. The summed E-state index contributed by atoms with van der Waals surface area (Å²) in [7, 11) is -2.59. The molecule has 5 nitrogen and oxygen atoms in total.